The van der Waals surface area contributed by atoms with Crippen LogP contribution in [0.25, 0.3) is 0 Å². The van der Waals surface area contributed by atoms with E-state index in [-0.39, 0.29) is 0 Å². The maximum absolute atomic E-state index is 13.1. The van der Waals surface area contributed by atoms with Crippen LogP contribution in [0.4, 0.5) is 17.1 Å². The SMILES string of the molecule is COC(=O)C1=C(C(=O)OC)N(c2c(C(=O)O)cc([N+](=O)[O-])cc2[N+](=O)[O-])C(N)=C(C#N)C1c1ccccc1. The molecule has 0 radical (unpaired) electrons. The van der Waals surface area contributed by atoms with Gasteiger partial charge in [0.15, 0.2) is 0 Å². The van der Waals surface area contributed by atoms with Crippen LogP contribution in [0.3, 0.4) is 0 Å². The number of allylic oxidation sites excluding steroid dienone is 1. The Kier molecular flexibility index (Phi) is 7.38. The number of carbonyl (C=O) groups excluding carboxylic acids is 2. The fourth-order valence-corrected chi connectivity index (χ4v) is 3.99. The predicted molar refractivity (Wildman–Crippen MR) is 126 cm³/mol. The van der Waals surface area contributed by atoms with Gasteiger partial charge in [-0.15, -0.1) is 0 Å². The summed E-state index contributed by atoms with van der Waals surface area (Å²) in [6, 6.07) is 10.6. The van der Waals surface area contributed by atoms with Gasteiger partial charge in [-0.3, -0.25) is 25.1 Å². The summed E-state index contributed by atoms with van der Waals surface area (Å²) < 4.78 is 9.64. The van der Waals surface area contributed by atoms with Crippen molar-refractivity contribution in [2.75, 3.05) is 19.1 Å². The highest BCUT2D eigenvalue weighted by Crippen LogP contribution is 2.47. The summed E-state index contributed by atoms with van der Waals surface area (Å²) in [5.74, 6) is -6.31. The third kappa shape index (κ3) is 4.44. The van der Waals surface area contributed by atoms with E-state index >= 15 is 0 Å². The van der Waals surface area contributed by atoms with Gasteiger partial charge in [0, 0.05) is 6.07 Å². The zero-order valence-electron chi connectivity index (χ0n) is 19.6. The maximum Gasteiger partial charge on any atom is 0.355 e. The Morgan fingerprint density at radius 1 is 1.05 bits per heavy atom. The zero-order valence-corrected chi connectivity index (χ0v) is 19.6. The van der Waals surface area contributed by atoms with Crippen molar-refractivity contribution in [3.05, 3.63) is 96.5 Å². The second kappa shape index (κ2) is 10.5. The highest BCUT2D eigenvalue weighted by molar-refractivity contribution is 6.09. The van der Waals surface area contributed by atoms with E-state index in [1.807, 2.05) is 6.07 Å². The van der Waals surface area contributed by atoms with Crippen LogP contribution < -0.4 is 10.6 Å². The molecule has 0 aliphatic carbocycles. The maximum atomic E-state index is 13.1. The van der Waals surface area contributed by atoms with Gasteiger partial charge < -0.3 is 20.3 Å². The highest BCUT2D eigenvalue weighted by atomic mass is 16.6. The molecular weight excluding hydrogens is 506 g/mol. The van der Waals surface area contributed by atoms with Crippen molar-refractivity contribution in [3.63, 3.8) is 0 Å². The van der Waals surface area contributed by atoms with Gasteiger partial charge in [0.05, 0.1) is 58.8 Å². The van der Waals surface area contributed by atoms with Crippen molar-refractivity contribution in [1.29, 1.82) is 5.26 Å². The van der Waals surface area contributed by atoms with E-state index in [0.29, 0.717) is 22.6 Å². The minimum absolute atomic E-state index is 0.296. The molecule has 0 saturated carbocycles. The summed E-state index contributed by atoms with van der Waals surface area (Å²) in [5, 5.41) is 43.2. The number of nitriles is 1. The minimum Gasteiger partial charge on any atom is -0.478 e. The summed E-state index contributed by atoms with van der Waals surface area (Å²) in [6.07, 6.45) is 0. The molecule has 38 heavy (non-hydrogen) atoms. The molecule has 1 unspecified atom stereocenters. The molecule has 0 saturated heterocycles. The van der Waals surface area contributed by atoms with Gasteiger partial charge in [0.25, 0.3) is 5.69 Å². The predicted octanol–water partition coefficient (Wildman–Crippen LogP) is 2.10. The number of carbonyl (C=O) groups is 3. The molecule has 0 aromatic heterocycles. The van der Waals surface area contributed by atoms with E-state index in [9.17, 15) is 45.0 Å². The Balaban J connectivity index is 2.61. The lowest BCUT2D eigenvalue weighted by Crippen LogP contribution is -2.41. The smallest absolute Gasteiger partial charge is 0.355 e. The van der Waals surface area contributed by atoms with Crippen molar-refractivity contribution >= 4 is 35.0 Å². The van der Waals surface area contributed by atoms with E-state index < -0.39 is 79.0 Å². The fourth-order valence-electron chi connectivity index (χ4n) is 3.99. The molecule has 1 atom stereocenters. The molecule has 2 aromatic rings. The Morgan fingerprint density at radius 3 is 2.13 bits per heavy atom. The molecular formula is C23H17N5O10. The summed E-state index contributed by atoms with van der Waals surface area (Å²) in [7, 11) is 1.89. The van der Waals surface area contributed by atoms with E-state index in [1.54, 1.807) is 18.2 Å². The number of aromatic carboxylic acids is 1. The molecule has 15 heteroatoms. The molecule has 15 nitrogen and oxygen atoms in total. The quantitative estimate of drug-likeness (QED) is 0.301. The monoisotopic (exact) mass is 523 g/mol. The first-order valence-corrected chi connectivity index (χ1v) is 10.4. The van der Waals surface area contributed by atoms with E-state index in [0.717, 1.165) is 14.2 Å². The normalized spacial score (nSPS) is 15.0. The van der Waals surface area contributed by atoms with Crippen LogP contribution in [0.1, 0.15) is 21.8 Å². The Labute approximate surface area is 212 Å². The van der Waals surface area contributed by atoms with Crippen LogP contribution in [-0.2, 0) is 19.1 Å². The third-order valence-corrected chi connectivity index (χ3v) is 5.55. The largest absolute Gasteiger partial charge is 0.478 e. The van der Waals surface area contributed by atoms with Crippen LogP contribution in [0.2, 0.25) is 0 Å². The van der Waals surface area contributed by atoms with Crippen LogP contribution in [0, 0.1) is 31.6 Å². The van der Waals surface area contributed by atoms with Crippen LogP contribution >= 0.6 is 0 Å². The number of carboxylic acid groups (broad SMARTS) is 1. The zero-order chi connectivity index (χ0) is 28.3. The summed E-state index contributed by atoms with van der Waals surface area (Å²) in [5.41, 5.74) is 0.785. The molecule has 0 fully saturated rings. The van der Waals surface area contributed by atoms with Crippen molar-refractivity contribution in [2.45, 2.75) is 5.92 Å². The highest BCUT2D eigenvalue weighted by Gasteiger charge is 2.46. The molecule has 1 heterocycles. The first-order valence-electron chi connectivity index (χ1n) is 10.4. The molecule has 3 N–H and O–H groups in total. The Morgan fingerprint density at radius 2 is 1.66 bits per heavy atom. The van der Waals surface area contributed by atoms with E-state index in [1.165, 1.54) is 12.1 Å². The lowest BCUT2D eigenvalue weighted by Gasteiger charge is -2.35. The molecule has 3 rings (SSSR count). The van der Waals surface area contributed by atoms with Gasteiger partial charge in [0.1, 0.15) is 17.2 Å². The van der Waals surface area contributed by atoms with Crippen molar-refractivity contribution in [2.24, 2.45) is 5.73 Å². The molecule has 2 aromatic carbocycles. The molecule has 0 bridgehead atoms. The van der Waals surface area contributed by atoms with Gasteiger partial charge in [-0.2, -0.15) is 5.26 Å². The van der Waals surface area contributed by atoms with Crippen LogP contribution in [0.5, 0.6) is 0 Å². The Hall–Kier alpha value is -5.78. The van der Waals surface area contributed by atoms with Gasteiger partial charge in [-0.1, -0.05) is 30.3 Å². The van der Waals surface area contributed by atoms with Crippen molar-refractivity contribution in [1.82, 2.24) is 0 Å². The molecule has 194 valence electrons. The van der Waals surface area contributed by atoms with Gasteiger partial charge in [-0.25, -0.2) is 14.4 Å². The van der Waals surface area contributed by atoms with Crippen LogP contribution in [0.15, 0.2) is 65.1 Å². The summed E-state index contributed by atoms with van der Waals surface area (Å²) >= 11 is 0. The third-order valence-electron chi connectivity index (χ3n) is 5.55. The van der Waals surface area contributed by atoms with Gasteiger partial charge >= 0.3 is 23.6 Å². The molecule has 1 aliphatic heterocycles. The fraction of sp³-hybridized carbons (Fsp3) is 0.130. The summed E-state index contributed by atoms with van der Waals surface area (Å²) in [6.45, 7) is 0. The second-order valence-electron chi connectivity index (χ2n) is 7.52. The van der Waals surface area contributed by atoms with Gasteiger partial charge in [0.2, 0.25) is 0 Å². The number of ether oxygens (including phenoxy) is 2. The number of rotatable bonds is 7. The van der Waals surface area contributed by atoms with Gasteiger partial charge in [-0.05, 0) is 5.56 Å². The second-order valence-corrected chi connectivity index (χ2v) is 7.52. The number of non-ortho nitro benzene ring substituents is 1. The summed E-state index contributed by atoms with van der Waals surface area (Å²) in [4.78, 5) is 60.0. The van der Waals surface area contributed by atoms with Crippen LogP contribution in [-0.4, -0.2) is 47.1 Å². The topological polar surface area (TPSA) is 229 Å². The number of hydrogen-bond acceptors (Lipinski definition) is 12. The number of anilines is 1. The number of esters is 2. The van der Waals surface area contributed by atoms with E-state index in [4.69, 9.17) is 15.2 Å². The lowest BCUT2D eigenvalue weighted by atomic mass is 9.80. The lowest BCUT2D eigenvalue weighted by molar-refractivity contribution is -0.393. The number of nitro groups is 2. The minimum atomic E-state index is -1.87. The first kappa shape index (κ1) is 26.8. The number of benzene rings is 2. The average Bonchev–Trinajstić information content (AvgIpc) is 2.90. The Bertz CT molecular complexity index is 1450. The molecule has 0 spiro atoms. The molecule has 1 aliphatic rings. The number of carboxylic acids is 1. The number of nitrogens with two attached hydrogens (primary N) is 1. The average molecular weight is 523 g/mol. The van der Waals surface area contributed by atoms with Crippen molar-refractivity contribution in [3.8, 4) is 6.07 Å². The molecule has 0 amide bonds. The standard InChI is InChI=1S/C23H17N5O10/c1-37-22(31)17-16(11-6-4-3-5-7-11)14(10-24)20(25)26(19(17)23(32)38-2)18-13(21(29)30)8-12(27(33)34)9-15(18)28(35)36/h3-9,16H,25H2,1-2H3,(H,29,30). The van der Waals surface area contributed by atoms with E-state index in [2.05, 4.69) is 0 Å². The number of methoxy groups -OCH3 is 2. The number of nitro benzene ring substituents is 2. The van der Waals surface area contributed by atoms with Crippen molar-refractivity contribution < 1.29 is 38.8 Å². The first-order chi connectivity index (χ1) is 18.0. The number of nitrogens with zero attached hydrogens (tertiary/aromatic N) is 4. The number of hydrogen-bond donors (Lipinski definition) is 2.